The Balaban J connectivity index is 1.42. The first-order chi connectivity index (χ1) is 13.2. The average Bonchev–Trinajstić information content (AvgIpc) is 3.13. The van der Waals surface area contributed by atoms with Crippen molar-refractivity contribution in [2.75, 3.05) is 23.3 Å². The van der Waals surface area contributed by atoms with Gasteiger partial charge < -0.3 is 10.2 Å². The predicted octanol–water partition coefficient (Wildman–Crippen LogP) is 4.08. The maximum atomic E-state index is 13.0. The monoisotopic (exact) mass is 361 g/mol. The topological polar surface area (TPSA) is 45.2 Å². The molecule has 1 N–H and O–H groups in total. The van der Waals surface area contributed by atoms with E-state index in [2.05, 4.69) is 16.4 Å². The molecule has 5 heteroatoms. The van der Waals surface area contributed by atoms with E-state index in [4.69, 9.17) is 0 Å². The average molecular weight is 361 g/mol. The maximum absolute atomic E-state index is 13.0. The third-order valence-corrected chi connectivity index (χ3v) is 4.77. The zero-order valence-electron chi connectivity index (χ0n) is 14.9. The minimum atomic E-state index is -0.233. The van der Waals surface area contributed by atoms with Gasteiger partial charge in [0.2, 0.25) is 0 Å². The summed E-state index contributed by atoms with van der Waals surface area (Å²) in [6.45, 7) is 1.36. The lowest BCUT2D eigenvalue weighted by Crippen LogP contribution is -2.29. The largest absolute Gasteiger partial charge is 0.370 e. The molecule has 27 heavy (non-hydrogen) atoms. The van der Waals surface area contributed by atoms with Crippen molar-refractivity contribution in [3.05, 3.63) is 89.4 Å². The van der Waals surface area contributed by atoms with Gasteiger partial charge in [-0.2, -0.15) is 0 Å². The fraction of sp³-hybridized carbons (Fsp3) is 0.182. The van der Waals surface area contributed by atoms with Crippen LogP contribution < -0.4 is 10.2 Å². The van der Waals surface area contributed by atoms with Crippen molar-refractivity contribution in [3.8, 4) is 0 Å². The number of halogens is 1. The van der Waals surface area contributed by atoms with Crippen molar-refractivity contribution in [1.29, 1.82) is 0 Å². The van der Waals surface area contributed by atoms with Crippen LogP contribution in [0.4, 0.5) is 15.9 Å². The number of nitrogens with one attached hydrogen (secondary N) is 1. The number of aromatic nitrogens is 1. The van der Waals surface area contributed by atoms with Gasteiger partial charge in [0, 0.05) is 30.5 Å². The second kappa shape index (κ2) is 7.58. The van der Waals surface area contributed by atoms with Crippen molar-refractivity contribution in [3.63, 3.8) is 0 Å². The van der Waals surface area contributed by atoms with Gasteiger partial charge in [-0.05, 0) is 54.3 Å². The molecule has 3 aromatic rings. The van der Waals surface area contributed by atoms with E-state index >= 15 is 0 Å². The van der Waals surface area contributed by atoms with Gasteiger partial charge in [0.25, 0.3) is 5.91 Å². The molecule has 0 saturated carbocycles. The smallest absolute Gasteiger partial charge is 0.258 e. The first-order valence-electron chi connectivity index (χ1n) is 9.05. The van der Waals surface area contributed by atoms with Crippen LogP contribution in [0.15, 0.2) is 66.9 Å². The molecule has 1 amide bonds. The third-order valence-electron chi connectivity index (χ3n) is 4.77. The number of rotatable bonds is 5. The minimum Gasteiger partial charge on any atom is -0.370 e. The highest BCUT2D eigenvalue weighted by molar-refractivity contribution is 6.07. The van der Waals surface area contributed by atoms with Gasteiger partial charge in [-0.15, -0.1) is 0 Å². The van der Waals surface area contributed by atoms with Crippen molar-refractivity contribution in [2.24, 2.45) is 0 Å². The van der Waals surface area contributed by atoms with E-state index in [0.29, 0.717) is 24.5 Å². The number of anilines is 2. The summed E-state index contributed by atoms with van der Waals surface area (Å²) < 4.78 is 13.0. The summed E-state index contributed by atoms with van der Waals surface area (Å²) in [4.78, 5) is 19.0. The molecule has 0 atom stereocenters. The molecular formula is C22H20FN3O. The van der Waals surface area contributed by atoms with Crippen molar-refractivity contribution >= 4 is 17.4 Å². The van der Waals surface area contributed by atoms with Crippen LogP contribution in [0.2, 0.25) is 0 Å². The van der Waals surface area contributed by atoms with Crippen LogP contribution in [-0.2, 0) is 12.8 Å². The molecule has 0 radical (unpaired) electrons. The van der Waals surface area contributed by atoms with Crippen molar-refractivity contribution in [2.45, 2.75) is 12.8 Å². The van der Waals surface area contributed by atoms with Crippen LogP contribution in [0.5, 0.6) is 0 Å². The number of amides is 1. The Morgan fingerprint density at radius 1 is 1.11 bits per heavy atom. The molecule has 1 aromatic heterocycles. The highest BCUT2D eigenvalue weighted by Crippen LogP contribution is 2.29. The predicted molar refractivity (Wildman–Crippen MR) is 105 cm³/mol. The van der Waals surface area contributed by atoms with Crippen LogP contribution >= 0.6 is 0 Å². The zero-order valence-corrected chi connectivity index (χ0v) is 14.9. The Morgan fingerprint density at radius 2 is 1.93 bits per heavy atom. The Morgan fingerprint density at radius 3 is 2.78 bits per heavy atom. The third kappa shape index (κ3) is 3.82. The molecule has 2 aromatic carbocycles. The number of pyridine rings is 1. The maximum Gasteiger partial charge on any atom is 0.258 e. The molecular weight excluding hydrogens is 341 g/mol. The molecule has 136 valence electrons. The summed E-state index contributed by atoms with van der Waals surface area (Å²) in [6.07, 6.45) is 3.28. The first kappa shape index (κ1) is 17.2. The van der Waals surface area contributed by atoms with E-state index in [0.717, 1.165) is 24.1 Å². The van der Waals surface area contributed by atoms with E-state index in [-0.39, 0.29) is 11.7 Å². The van der Waals surface area contributed by atoms with E-state index < -0.39 is 0 Å². The van der Waals surface area contributed by atoms with Gasteiger partial charge in [-0.3, -0.25) is 4.79 Å². The molecule has 0 spiro atoms. The summed E-state index contributed by atoms with van der Waals surface area (Å²) >= 11 is 0. The highest BCUT2D eigenvalue weighted by Gasteiger charge is 2.25. The number of nitrogens with zero attached hydrogens (tertiary/aromatic N) is 2. The minimum absolute atomic E-state index is 0.0102. The quantitative estimate of drug-likeness (QED) is 0.745. The lowest BCUT2D eigenvalue weighted by atomic mass is 10.1. The number of benzene rings is 2. The van der Waals surface area contributed by atoms with E-state index in [1.54, 1.807) is 30.5 Å². The SMILES string of the molecule is O=C(c1ccnc(NCCc2ccc(F)cc2)c1)N1CCc2ccccc21. The Bertz CT molecular complexity index is 956. The number of fused-ring (bicyclic) bond motifs is 1. The second-order valence-electron chi connectivity index (χ2n) is 6.57. The standard InChI is InChI=1S/C22H20FN3O/c23-19-7-5-16(6-8-19)9-12-24-21-15-18(10-13-25-21)22(27)26-14-11-17-3-1-2-4-20(17)26/h1-8,10,13,15H,9,11-12,14H2,(H,24,25). The summed E-state index contributed by atoms with van der Waals surface area (Å²) in [6, 6.07) is 18.0. The summed E-state index contributed by atoms with van der Waals surface area (Å²) in [5, 5.41) is 3.24. The lowest BCUT2D eigenvalue weighted by Gasteiger charge is -2.17. The summed E-state index contributed by atoms with van der Waals surface area (Å²) in [5.41, 5.74) is 3.86. The molecule has 1 aliphatic heterocycles. The fourth-order valence-corrected chi connectivity index (χ4v) is 3.35. The van der Waals surface area contributed by atoms with Crippen molar-refractivity contribution < 1.29 is 9.18 Å². The number of carbonyl (C=O) groups excluding carboxylic acids is 1. The number of carbonyl (C=O) groups is 1. The van der Waals surface area contributed by atoms with Crippen LogP contribution in [0, 0.1) is 5.82 Å². The Hall–Kier alpha value is -3.21. The van der Waals surface area contributed by atoms with E-state index in [1.807, 2.05) is 23.1 Å². The lowest BCUT2D eigenvalue weighted by molar-refractivity contribution is 0.0989. The van der Waals surface area contributed by atoms with Crippen LogP contribution in [-0.4, -0.2) is 24.0 Å². The summed E-state index contributed by atoms with van der Waals surface area (Å²) in [5.74, 6) is 0.419. The second-order valence-corrected chi connectivity index (χ2v) is 6.57. The number of hydrogen-bond donors (Lipinski definition) is 1. The van der Waals surface area contributed by atoms with Crippen molar-refractivity contribution in [1.82, 2.24) is 4.98 Å². The van der Waals surface area contributed by atoms with Gasteiger partial charge in [0.15, 0.2) is 0 Å². The van der Waals surface area contributed by atoms with Crippen LogP contribution in [0.1, 0.15) is 21.5 Å². The number of para-hydroxylation sites is 1. The van der Waals surface area contributed by atoms with Gasteiger partial charge >= 0.3 is 0 Å². The molecule has 0 fully saturated rings. The van der Waals surface area contributed by atoms with Crippen LogP contribution in [0.25, 0.3) is 0 Å². The number of hydrogen-bond acceptors (Lipinski definition) is 3. The van der Waals surface area contributed by atoms with Gasteiger partial charge in [0.05, 0.1) is 0 Å². The van der Waals surface area contributed by atoms with Crippen LogP contribution in [0.3, 0.4) is 0 Å². The molecule has 4 rings (SSSR count). The first-order valence-corrected chi connectivity index (χ1v) is 9.05. The molecule has 4 nitrogen and oxygen atoms in total. The highest BCUT2D eigenvalue weighted by atomic mass is 19.1. The zero-order chi connectivity index (χ0) is 18.6. The molecule has 0 unspecified atom stereocenters. The van der Waals surface area contributed by atoms with E-state index in [9.17, 15) is 9.18 Å². The fourth-order valence-electron chi connectivity index (χ4n) is 3.35. The summed E-state index contributed by atoms with van der Waals surface area (Å²) in [7, 11) is 0. The van der Waals surface area contributed by atoms with Gasteiger partial charge in [-0.1, -0.05) is 30.3 Å². The normalized spacial score (nSPS) is 12.7. The molecule has 2 heterocycles. The van der Waals surface area contributed by atoms with Gasteiger partial charge in [0.1, 0.15) is 11.6 Å². The molecule has 0 aliphatic carbocycles. The van der Waals surface area contributed by atoms with E-state index in [1.165, 1.54) is 17.7 Å². The van der Waals surface area contributed by atoms with Gasteiger partial charge in [-0.25, -0.2) is 9.37 Å². The molecule has 0 saturated heterocycles. The Kier molecular flexibility index (Phi) is 4.83. The molecule has 0 bridgehead atoms. The molecule has 1 aliphatic rings. The Labute approximate surface area is 157 Å².